The lowest BCUT2D eigenvalue weighted by molar-refractivity contribution is 0.00578. The lowest BCUT2D eigenvalue weighted by atomic mass is 9.87. The fourth-order valence-corrected chi connectivity index (χ4v) is 2.98. The first-order valence-corrected chi connectivity index (χ1v) is 8.47. The topological polar surface area (TPSA) is 49.7 Å². The molecule has 1 aromatic heterocycles. The number of nitrogens with zero attached hydrogens (tertiary/aromatic N) is 1. The Morgan fingerprint density at radius 1 is 1.23 bits per heavy atom. The van der Waals surface area contributed by atoms with Gasteiger partial charge >= 0.3 is 7.12 Å². The first kappa shape index (κ1) is 18.7. The van der Waals surface area contributed by atoms with Crippen LogP contribution in [0.25, 0.3) is 17.0 Å². The number of hydrogen-bond acceptors (Lipinski definition) is 4. The Balaban J connectivity index is 2.06. The average molecular weight is 359 g/mol. The molecule has 0 unspecified atom stereocenters. The van der Waals surface area contributed by atoms with Gasteiger partial charge in [-0.3, -0.25) is 4.79 Å². The molecule has 0 atom stereocenters. The van der Waals surface area contributed by atoms with Gasteiger partial charge in [-0.15, -0.1) is 0 Å². The largest absolute Gasteiger partial charge is 0.525 e. The first-order chi connectivity index (χ1) is 12.1. The predicted molar refractivity (Wildman–Crippen MR) is 101 cm³/mol. The molecule has 0 N–H and O–H groups in total. The number of aromatic nitrogens is 1. The Morgan fingerprint density at radius 3 is 2.42 bits per heavy atom. The van der Waals surface area contributed by atoms with Crippen molar-refractivity contribution in [3.8, 4) is 5.75 Å². The van der Waals surface area contributed by atoms with E-state index in [0.29, 0.717) is 11.3 Å². The predicted octanol–water partition coefficient (Wildman–Crippen LogP) is 3.49. The van der Waals surface area contributed by atoms with Gasteiger partial charge in [0.25, 0.3) is 5.56 Å². The minimum atomic E-state index is -1.13. The van der Waals surface area contributed by atoms with Crippen LogP contribution in [0, 0.1) is 0 Å². The first-order valence-electron chi connectivity index (χ1n) is 8.47. The maximum absolute atomic E-state index is 14.8. The van der Waals surface area contributed by atoms with E-state index in [0.717, 1.165) is 5.39 Å². The van der Waals surface area contributed by atoms with E-state index in [4.69, 9.17) is 14.0 Å². The normalized spacial score (nSPS) is 19.2. The van der Waals surface area contributed by atoms with Gasteiger partial charge in [-0.2, -0.15) is 0 Å². The Labute approximate surface area is 152 Å². The molecule has 5 nitrogen and oxygen atoms in total. The highest BCUT2D eigenvalue weighted by Crippen LogP contribution is 2.39. The van der Waals surface area contributed by atoms with Crippen LogP contribution >= 0.6 is 0 Å². The van der Waals surface area contributed by atoms with Crippen LogP contribution in [0.15, 0.2) is 34.8 Å². The van der Waals surface area contributed by atoms with Gasteiger partial charge in [-0.25, -0.2) is 4.39 Å². The number of methoxy groups -OCH3 is 1. The summed E-state index contributed by atoms with van der Waals surface area (Å²) in [6.45, 7) is 7.40. The number of fused-ring (bicyclic) bond motifs is 1. The van der Waals surface area contributed by atoms with Gasteiger partial charge < -0.3 is 18.6 Å². The molecule has 0 aliphatic carbocycles. The fraction of sp³-hybridized carbons (Fsp3) is 0.421. The van der Waals surface area contributed by atoms with E-state index in [2.05, 4.69) is 0 Å². The molecule has 0 spiro atoms. The zero-order valence-electron chi connectivity index (χ0n) is 15.9. The lowest BCUT2D eigenvalue weighted by Crippen LogP contribution is -2.41. The Morgan fingerprint density at radius 2 is 1.85 bits per heavy atom. The van der Waals surface area contributed by atoms with Crippen molar-refractivity contribution in [2.45, 2.75) is 38.9 Å². The lowest BCUT2D eigenvalue weighted by Gasteiger charge is -2.32. The number of hydrogen-bond donors (Lipinski definition) is 0. The van der Waals surface area contributed by atoms with Gasteiger partial charge in [0.05, 0.1) is 23.8 Å². The van der Waals surface area contributed by atoms with Crippen molar-refractivity contribution in [1.29, 1.82) is 0 Å². The molecule has 1 aliphatic rings. The van der Waals surface area contributed by atoms with Crippen LogP contribution in [0.2, 0.25) is 0 Å². The van der Waals surface area contributed by atoms with Crippen molar-refractivity contribution in [2.24, 2.45) is 7.05 Å². The number of halogens is 1. The van der Waals surface area contributed by atoms with Gasteiger partial charge in [0.1, 0.15) is 11.5 Å². The summed E-state index contributed by atoms with van der Waals surface area (Å²) in [5.74, 6) is 0.587. The zero-order valence-corrected chi connectivity index (χ0v) is 15.9. The molecule has 1 aliphatic heterocycles. The van der Waals surface area contributed by atoms with E-state index >= 15 is 0 Å². The Hall–Kier alpha value is -2.12. The monoisotopic (exact) mass is 359 g/mol. The second-order valence-electron chi connectivity index (χ2n) is 7.48. The van der Waals surface area contributed by atoms with Gasteiger partial charge in [0.2, 0.25) is 0 Å². The van der Waals surface area contributed by atoms with Crippen molar-refractivity contribution in [2.75, 3.05) is 7.11 Å². The number of para-hydroxylation sites is 1. The highest BCUT2D eigenvalue weighted by atomic mass is 19.1. The summed E-state index contributed by atoms with van der Waals surface area (Å²) < 4.78 is 32.9. The minimum absolute atomic E-state index is 0.223. The maximum atomic E-state index is 14.8. The molecule has 1 saturated heterocycles. The minimum Gasteiger partial charge on any atom is -0.495 e. The summed E-state index contributed by atoms with van der Waals surface area (Å²) in [7, 11) is 2.05. The highest BCUT2D eigenvalue weighted by molar-refractivity contribution is 6.54. The summed E-state index contributed by atoms with van der Waals surface area (Å²) >= 11 is 0. The van der Waals surface area contributed by atoms with Crippen molar-refractivity contribution in [3.05, 3.63) is 45.9 Å². The fourth-order valence-electron chi connectivity index (χ4n) is 2.98. The second kappa shape index (κ2) is 6.25. The van der Waals surface area contributed by atoms with Gasteiger partial charge in [0, 0.05) is 18.0 Å². The van der Waals surface area contributed by atoms with E-state index < -0.39 is 24.0 Å². The van der Waals surface area contributed by atoms with Crippen LogP contribution in [0.3, 0.4) is 0 Å². The molecule has 138 valence electrons. The molecule has 2 heterocycles. The quantitative estimate of drug-likeness (QED) is 0.788. The third kappa shape index (κ3) is 2.95. The summed E-state index contributed by atoms with van der Waals surface area (Å²) in [6, 6.07) is 7.10. The average Bonchev–Trinajstić information content (AvgIpc) is 2.79. The number of ether oxygens (including phenoxy) is 1. The molecule has 3 rings (SSSR count). The SMILES string of the molecule is COc1cccc2cc(C=C(F)B3OC(C)(C)C(C)(C)O3)c(=O)n(C)c12. The zero-order chi connectivity index (χ0) is 19.3. The van der Waals surface area contributed by atoms with Crippen LogP contribution < -0.4 is 10.3 Å². The van der Waals surface area contributed by atoms with E-state index in [1.54, 1.807) is 26.3 Å². The van der Waals surface area contributed by atoms with Crippen LogP contribution in [0.1, 0.15) is 33.3 Å². The van der Waals surface area contributed by atoms with Crippen molar-refractivity contribution in [3.63, 3.8) is 0 Å². The van der Waals surface area contributed by atoms with Crippen molar-refractivity contribution < 1.29 is 18.4 Å². The highest BCUT2D eigenvalue weighted by Gasteiger charge is 2.53. The van der Waals surface area contributed by atoms with Gasteiger partial charge in [-0.05, 0) is 45.9 Å². The number of rotatable bonds is 3. The molecule has 0 saturated carbocycles. The van der Waals surface area contributed by atoms with Gasteiger partial charge in [0.15, 0.2) is 0 Å². The number of pyridine rings is 1. The van der Waals surface area contributed by atoms with Crippen LogP contribution in [-0.4, -0.2) is 30.0 Å². The summed E-state index contributed by atoms with van der Waals surface area (Å²) in [6.07, 6.45) is 1.18. The van der Waals surface area contributed by atoms with E-state index in [1.807, 2.05) is 39.8 Å². The van der Waals surface area contributed by atoms with Crippen LogP contribution in [0.4, 0.5) is 4.39 Å². The molecule has 1 aromatic carbocycles. The second-order valence-corrected chi connectivity index (χ2v) is 7.48. The number of benzene rings is 1. The van der Waals surface area contributed by atoms with Gasteiger partial charge in [-0.1, -0.05) is 12.1 Å². The smallest absolute Gasteiger partial charge is 0.495 e. The third-order valence-corrected chi connectivity index (χ3v) is 5.22. The molecule has 26 heavy (non-hydrogen) atoms. The third-order valence-electron chi connectivity index (χ3n) is 5.22. The standard InChI is InChI=1S/C19H23BFNO4/c1-18(2)19(3,4)26-20(25-18)15(21)11-13-10-12-8-7-9-14(24-6)16(12)22(5)17(13)23/h7-11H,1-6H3. The van der Waals surface area contributed by atoms with E-state index in [-0.39, 0.29) is 11.1 Å². The van der Waals surface area contributed by atoms with Crippen LogP contribution in [-0.2, 0) is 16.4 Å². The van der Waals surface area contributed by atoms with Crippen molar-refractivity contribution >= 4 is 24.1 Å². The molecule has 0 radical (unpaired) electrons. The molecular formula is C19H23BFNO4. The molecule has 0 bridgehead atoms. The molecular weight excluding hydrogens is 336 g/mol. The Bertz CT molecular complexity index is 932. The molecule has 2 aromatic rings. The summed E-state index contributed by atoms with van der Waals surface area (Å²) in [5.41, 5.74) is -1.37. The molecule has 1 fully saturated rings. The number of aryl methyl sites for hydroxylation is 1. The summed E-state index contributed by atoms with van der Waals surface area (Å²) in [5, 5.41) is 0.777. The molecule has 7 heteroatoms. The summed E-state index contributed by atoms with van der Waals surface area (Å²) in [4.78, 5) is 12.7. The molecule has 0 amide bonds. The van der Waals surface area contributed by atoms with Crippen LogP contribution in [0.5, 0.6) is 5.75 Å². The Kier molecular flexibility index (Phi) is 4.49. The maximum Gasteiger partial charge on any atom is 0.525 e. The van der Waals surface area contributed by atoms with E-state index in [1.165, 1.54) is 10.6 Å². The van der Waals surface area contributed by atoms with Crippen molar-refractivity contribution in [1.82, 2.24) is 4.57 Å². The van der Waals surface area contributed by atoms with E-state index in [9.17, 15) is 9.18 Å².